The van der Waals surface area contributed by atoms with E-state index in [0.29, 0.717) is 12.0 Å². The summed E-state index contributed by atoms with van der Waals surface area (Å²) in [6.07, 6.45) is 10.3. The molecular formula is C17H27N3O. The van der Waals surface area contributed by atoms with Crippen LogP contribution in [0.1, 0.15) is 74.5 Å². The van der Waals surface area contributed by atoms with Crippen molar-refractivity contribution in [3.63, 3.8) is 0 Å². The van der Waals surface area contributed by atoms with Crippen LogP contribution >= 0.6 is 0 Å². The molecule has 1 unspecified atom stereocenters. The fourth-order valence-corrected chi connectivity index (χ4v) is 3.41. The molecule has 1 saturated heterocycles. The third-order valence-corrected chi connectivity index (χ3v) is 4.68. The minimum absolute atomic E-state index is 0.450. The molecule has 1 aliphatic carbocycles. The van der Waals surface area contributed by atoms with Crippen LogP contribution in [0.25, 0.3) is 0 Å². The van der Waals surface area contributed by atoms with Gasteiger partial charge in [0.05, 0.1) is 0 Å². The average Bonchev–Trinajstić information content (AvgIpc) is 2.75. The van der Waals surface area contributed by atoms with E-state index < -0.39 is 0 Å². The summed E-state index contributed by atoms with van der Waals surface area (Å²) in [5.74, 6) is 1.54. The highest BCUT2D eigenvalue weighted by Crippen LogP contribution is 2.30. The van der Waals surface area contributed by atoms with Crippen LogP contribution in [0.3, 0.4) is 0 Å². The molecule has 0 saturated carbocycles. The first-order chi connectivity index (χ1) is 10.4. The van der Waals surface area contributed by atoms with Gasteiger partial charge in [-0.15, -0.1) is 0 Å². The summed E-state index contributed by atoms with van der Waals surface area (Å²) in [6, 6.07) is 0.450. The molecule has 4 heteroatoms. The van der Waals surface area contributed by atoms with Gasteiger partial charge in [0, 0.05) is 42.6 Å². The van der Waals surface area contributed by atoms with Crippen molar-refractivity contribution >= 4 is 0 Å². The first-order valence-corrected chi connectivity index (χ1v) is 8.55. The topological polar surface area (TPSA) is 47.0 Å². The van der Waals surface area contributed by atoms with Crippen molar-refractivity contribution in [1.82, 2.24) is 15.3 Å². The largest absolute Gasteiger partial charge is 0.381 e. The van der Waals surface area contributed by atoms with Crippen molar-refractivity contribution in [1.29, 1.82) is 0 Å². The Hall–Kier alpha value is -1.00. The molecule has 0 bridgehead atoms. The first kappa shape index (κ1) is 14.9. The van der Waals surface area contributed by atoms with Crippen molar-refractivity contribution in [2.24, 2.45) is 0 Å². The average molecular weight is 289 g/mol. The van der Waals surface area contributed by atoms with Gasteiger partial charge in [0.15, 0.2) is 0 Å². The zero-order valence-electron chi connectivity index (χ0n) is 13.1. The number of ether oxygens (including phenoxy) is 1. The summed E-state index contributed by atoms with van der Waals surface area (Å²) in [4.78, 5) is 9.66. The van der Waals surface area contributed by atoms with Crippen molar-refractivity contribution in [2.45, 2.75) is 63.8 Å². The molecule has 116 valence electrons. The molecule has 0 amide bonds. The van der Waals surface area contributed by atoms with E-state index in [1.165, 1.54) is 36.9 Å². The molecule has 0 radical (unpaired) electrons. The number of aromatic nitrogens is 2. The fraction of sp³-hybridized carbons (Fsp3) is 0.765. The molecule has 1 fully saturated rings. The van der Waals surface area contributed by atoms with E-state index in [9.17, 15) is 0 Å². The van der Waals surface area contributed by atoms with Crippen molar-refractivity contribution in [2.75, 3.05) is 19.8 Å². The number of hydrogen-bond acceptors (Lipinski definition) is 4. The molecule has 1 aromatic heterocycles. The van der Waals surface area contributed by atoms with E-state index in [2.05, 4.69) is 18.4 Å². The zero-order chi connectivity index (χ0) is 14.5. The molecule has 1 N–H and O–H groups in total. The number of aryl methyl sites for hydroxylation is 1. The lowest BCUT2D eigenvalue weighted by atomic mass is 9.98. The summed E-state index contributed by atoms with van der Waals surface area (Å²) >= 11 is 0. The Morgan fingerprint density at radius 1 is 1.24 bits per heavy atom. The number of rotatable bonds is 4. The summed E-state index contributed by atoms with van der Waals surface area (Å²) in [5.41, 5.74) is 2.63. The van der Waals surface area contributed by atoms with Crippen LogP contribution in [-0.2, 0) is 11.2 Å². The van der Waals surface area contributed by atoms with E-state index in [1.54, 1.807) is 0 Å². The molecule has 2 aliphatic rings. The lowest BCUT2D eigenvalue weighted by molar-refractivity contribution is 0.0835. The van der Waals surface area contributed by atoms with Crippen LogP contribution in [-0.4, -0.2) is 29.7 Å². The molecule has 1 aromatic rings. The van der Waals surface area contributed by atoms with Gasteiger partial charge in [-0.3, -0.25) is 0 Å². The number of nitrogens with one attached hydrogen (secondary N) is 1. The van der Waals surface area contributed by atoms with Crippen LogP contribution in [0.2, 0.25) is 0 Å². The van der Waals surface area contributed by atoms with Crippen molar-refractivity contribution < 1.29 is 4.74 Å². The smallest absolute Gasteiger partial charge is 0.131 e. The van der Waals surface area contributed by atoms with Gasteiger partial charge in [0.2, 0.25) is 0 Å². The minimum Gasteiger partial charge on any atom is -0.381 e. The Bertz CT molecular complexity index is 457. The van der Waals surface area contributed by atoms with Gasteiger partial charge < -0.3 is 10.1 Å². The minimum atomic E-state index is 0.450. The maximum absolute atomic E-state index is 5.45. The van der Waals surface area contributed by atoms with E-state index >= 15 is 0 Å². The normalized spacial score (nSPS) is 23.6. The monoisotopic (exact) mass is 289 g/mol. The lowest BCUT2D eigenvalue weighted by Gasteiger charge is -2.23. The van der Waals surface area contributed by atoms with Gasteiger partial charge in [-0.25, -0.2) is 9.97 Å². The predicted octanol–water partition coefficient (Wildman–Crippen LogP) is 3.14. The van der Waals surface area contributed by atoms with Crippen LogP contribution in [0.15, 0.2) is 6.20 Å². The van der Waals surface area contributed by atoms with Gasteiger partial charge in [0.25, 0.3) is 0 Å². The lowest BCUT2D eigenvalue weighted by Crippen LogP contribution is -2.24. The standard InChI is InChI=1S/C17H27N3O/c1-2-9-18-15-5-3-4-6-16-14(15)12-19-17(20-16)13-7-10-21-11-8-13/h12-13,15,18H,2-11H2,1H3. The SMILES string of the molecule is CCCNC1CCCCc2nc(C3CCOCC3)ncc21. The van der Waals surface area contributed by atoms with Crippen LogP contribution in [0, 0.1) is 0 Å². The second kappa shape index (κ2) is 7.32. The molecule has 4 nitrogen and oxygen atoms in total. The first-order valence-electron chi connectivity index (χ1n) is 8.55. The molecule has 2 heterocycles. The van der Waals surface area contributed by atoms with Crippen molar-refractivity contribution in [3.8, 4) is 0 Å². The molecule has 1 atom stereocenters. The molecule has 0 spiro atoms. The number of hydrogen-bond donors (Lipinski definition) is 1. The maximum atomic E-state index is 5.45. The third kappa shape index (κ3) is 3.61. The summed E-state index contributed by atoms with van der Waals surface area (Å²) in [7, 11) is 0. The van der Waals surface area contributed by atoms with Gasteiger partial charge in [-0.2, -0.15) is 0 Å². The Balaban J connectivity index is 1.80. The van der Waals surface area contributed by atoms with Crippen LogP contribution in [0.5, 0.6) is 0 Å². The van der Waals surface area contributed by atoms with E-state index in [-0.39, 0.29) is 0 Å². The molecule has 0 aromatic carbocycles. The highest BCUT2D eigenvalue weighted by atomic mass is 16.5. The highest BCUT2D eigenvalue weighted by molar-refractivity contribution is 5.24. The Labute approximate surface area is 127 Å². The molecule has 1 aliphatic heterocycles. The molecule has 21 heavy (non-hydrogen) atoms. The Kier molecular flexibility index (Phi) is 5.20. The fourth-order valence-electron chi connectivity index (χ4n) is 3.41. The van der Waals surface area contributed by atoms with Gasteiger partial charge in [0.1, 0.15) is 5.82 Å². The highest BCUT2D eigenvalue weighted by Gasteiger charge is 2.23. The Morgan fingerprint density at radius 2 is 2.10 bits per heavy atom. The van der Waals surface area contributed by atoms with Crippen molar-refractivity contribution in [3.05, 3.63) is 23.3 Å². The quantitative estimate of drug-likeness (QED) is 0.865. The second-order valence-corrected chi connectivity index (χ2v) is 6.27. The Morgan fingerprint density at radius 3 is 2.90 bits per heavy atom. The second-order valence-electron chi connectivity index (χ2n) is 6.27. The zero-order valence-corrected chi connectivity index (χ0v) is 13.1. The van der Waals surface area contributed by atoms with Gasteiger partial charge in [-0.1, -0.05) is 13.3 Å². The van der Waals surface area contributed by atoms with E-state index in [1.807, 2.05) is 0 Å². The molecular weight excluding hydrogens is 262 g/mol. The number of nitrogens with zero attached hydrogens (tertiary/aromatic N) is 2. The van der Waals surface area contributed by atoms with Crippen LogP contribution in [0.4, 0.5) is 0 Å². The summed E-state index contributed by atoms with van der Waals surface area (Å²) in [6.45, 7) is 5.00. The van der Waals surface area contributed by atoms with Gasteiger partial charge in [-0.05, 0) is 45.1 Å². The van der Waals surface area contributed by atoms with E-state index in [4.69, 9.17) is 14.7 Å². The molecule has 3 rings (SSSR count). The third-order valence-electron chi connectivity index (χ3n) is 4.68. The summed E-state index contributed by atoms with van der Waals surface area (Å²) in [5, 5.41) is 3.67. The number of fused-ring (bicyclic) bond motifs is 1. The predicted molar refractivity (Wildman–Crippen MR) is 83.4 cm³/mol. The summed E-state index contributed by atoms with van der Waals surface area (Å²) < 4.78 is 5.45. The van der Waals surface area contributed by atoms with E-state index in [0.717, 1.165) is 44.8 Å². The maximum Gasteiger partial charge on any atom is 0.131 e. The van der Waals surface area contributed by atoms with Crippen LogP contribution < -0.4 is 5.32 Å². The van der Waals surface area contributed by atoms with Gasteiger partial charge >= 0.3 is 0 Å².